The Morgan fingerprint density at radius 3 is 2.50 bits per heavy atom. The predicted molar refractivity (Wildman–Crippen MR) is 109 cm³/mol. The summed E-state index contributed by atoms with van der Waals surface area (Å²) >= 11 is 0. The van der Waals surface area contributed by atoms with Crippen molar-refractivity contribution in [2.75, 3.05) is 19.0 Å². The number of benzene rings is 2. The van der Waals surface area contributed by atoms with Gasteiger partial charge < -0.3 is 19.2 Å². The van der Waals surface area contributed by atoms with E-state index < -0.39 is 24.5 Å². The average Bonchev–Trinajstić information content (AvgIpc) is 2.73. The molecule has 0 saturated carbocycles. The molecule has 0 atom stereocenters. The first-order valence-electron chi connectivity index (χ1n) is 8.99. The lowest BCUT2D eigenvalue weighted by Gasteiger charge is -2.10. The van der Waals surface area contributed by atoms with Crippen molar-refractivity contribution in [2.45, 2.75) is 13.8 Å². The van der Waals surface area contributed by atoms with E-state index >= 15 is 0 Å². The van der Waals surface area contributed by atoms with E-state index in [2.05, 4.69) is 10.1 Å². The molecular formula is C22H19NO7. The van der Waals surface area contributed by atoms with Crippen molar-refractivity contribution >= 4 is 34.5 Å². The number of anilines is 1. The fourth-order valence-electron chi connectivity index (χ4n) is 2.76. The van der Waals surface area contributed by atoms with Crippen LogP contribution in [0.15, 0.2) is 51.7 Å². The lowest BCUT2D eigenvalue weighted by Crippen LogP contribution is -2.22. The number of hydrogen-bond acceptors (Lipinski definition) is 7. The van der Waals surface area contributed by atoms with Gasteiger partial charge in [0.05, 0.1) is 18.1 Å². The Labute approximate surface area is 171 Å². The molecule has 1 N–H and O–H groups in total. The minimum Gasteiger partial charge on any atom is -0.465 e. The van der Waals surface area contributed by atoms with E-state index in [1.165, 1.54) is 13.2 Å². The first kappa shape index (κ1) is 20.8. The maximum absolute atomic E-state index is 12.2. The van der Waals surface area contributed by atoms with E-state index in [0.717, 1.165) is 11.6 Å². The molecule has 0 saturated heterocycles. The molecule has 0 spiro atoms. The third-order valence-corrected chi connectivity index (χ3v) is 4.35. The van der Waals surface area contributed by atoms with Gasteiger partial charge in [-0.05, 0) is 43.7 Å². The fraction of sp³-hybridized carbons (Fsp3) is 0.182. The van der Waals surface area contributed by atoms with Crippen LogP contribution in [0.25, 0.3) is 11.0 Å². The van der Waals surface area contributed by atoms with E-state index in [1.807, 2.05) is 6.92 Å². The van der Waals surface area contributed by atoms with Gasteiger partial charge in [-0.15, -0.1) is 0 Å². The van der Waals surface area contributed by atoms with Gasteiger partial charge in [0, 0.05) is 11.8 Å². The first-order chi connectivity index (χ1) is 14.3. The van der Waals surface area contributed by atoms with E-state index in [1.54, 1.807) is 37.3 Å². The summed E-state index contributed by atoms with van der Waals surface area (Å²) in [4.78, 5) is 48.2. The van der Waals surface area contributed by atoms with Crippen LogP contribution in [0.3, 0.4) is 0 Å². The Kier molecular flexibility index (Phi) is 5.96. The molecule has 3 rings (SSSR count). The molecule has 0 unspecified atom stereocenters. The molecule has 0 bridgehead atoms. The Balaban J connectivity index is 1.69. The quantitative estimate of drug-likeness (QED) is 0.645. The van der Waals surface area contributed by atoms with Crippen molar-refractivity contribution in [3.8, 4) is 0 Å². The number of fused-ring (bicyclic) bond motifs is 1. The number of nitrogens with one attached hydrogen (secondary N) is 1. The number of esters is 2. The van der Waals surface area contributed by atoms with Gasteiger partial charge in [0.1, 0.15) is 5.58 Å². The highest BCUT2D eigenvalue weighted by molar-refractivity contribution is 5.97. The molecule has 8 nitrogen and oxygen atoms in total. The van der Waals surface area contributed by atoms with Gasteiger partial charge in [0.15, 0.2) is 12.0 Å². The van der Waals surface area contributed by atoms with Crippen LogP contribution in [-0.4, -0.2) is 31.6 Å². The van der Waals surface area contributed by atoms with Crippen molar-refractivity contribution < 1.29 is 28.3 Å². The van der Waals surface area contributed by atoms with Gasteiger partial charge >= 0.3 is 11.9 Å². The average molecular weight is 409 g/mol. The van der Waals surface area contributed by atoms with Crippen LogP contribution >= 0.6 is 0 Å². The minimum atomic E-state index is -0.940. The largest absolute Gasteiger partial charge is 0.465 e. The van der Waals surface area contributed by atoms with Crippen LogP contribution < -0.4 is 10.7 Å². The molecule has 0 radical (unpaired) electrons. The van der Waals surface area contributed by atoms with Crippen molar-refractivity contribution in [3.63, 3.8) is 0 Å². The monoisotopic (exact) mass is 409 g/mol. The molecular weight excluding hydrogens is 390 g/mol. The molecule has 0 aliphatic rings. The van der Waals surface area contributed by atoms with Crippen LogP contribution in [-0.2, 0) is 14.3 Å². The normalized spacial score (nSPS) is 10.5. The standard InChI is InChI=1S/C22H19NO7/c1-12-4-7-18-15(8-12)17(24)10-19(30-18)22(27)29-11-20(25)23-16-9-14(21(26)28-3)6-5-13(16)2/h4-10H,11H2,1-3H3,(H,23,25). The van der Waals surface area contributed by atoms with E-state index in [4.69, 9.17) is 9.15 Å². The van der Waals surface area contributed by atoms with Crippen molar-refractivity contribution in [3.05, 3.63) is 75.1 Å². The zero-order chi connectivity index (χ0) is 21.8. The van der Waals surface area contributed by atoms with Gasteiger partial charge in [-0.1, -0.05) is 17.7 Å². The summed E-state index contributed by atoms with van der Waals surface area (Å²) in [5.41, 5.74) is 2.10. The smallest absolute Gasteiger partial charge is 0.374 e. The lowest BCUT2D eigenvalue weighted by atomic mass is 10.1. The topological polar surface area (TPSA) is 112 Å². The number of rotatable bonds is 5. The van der Waals surface area contributed by atoms with Crippen LogP contribution in [0, 0.1) is 13.8 Å². The summed E-state index contributed by atoms with van der Waals surface area (Å²) in [5, 5.41) is 2.92. The Bertz CT molecular complexity index is 1210. The summed E-state index contributed by atoms with van der Waals surface area (Å²) in [5.74, 6) is -2.40. The highest BCUT2D eigenvalue weighted by Gasteiger charge is 2.16. The second-order valence-electron chi connectivity index (χ2n) is 6.62. The predicted octanol–water partition coefficient (Wildman–Crippen LogP) is 2.99. The maximum atomic E-state index is 12.2. The second-order valence-corrected chi connectivity index (χ2v) is 6.62. The van der Waals surface area contributed by atoms with Gasteiger partial charge in [-0.25, -0.2) is 9.59 Å². The Morgan fingerprint density at radius 2 is 1.77 bits per heavy atom. The summed E-state index contributed by atoms with van der Waals surface area (Å²) < 4.78 is 15.0. The summed E-state index contributed by atoms with van der Waals surface area (Å²) in [7, 11) is 1.26. The summed E-state index contributed by atoms with van der Waals surface area (Å²) in [6.07, 6.45) is 0. The summed E-state index contributed by atoms with van der Waals surface area (Å²) in [6.45, 7) is 2.98. The molecule has 0 aliphatic carbocycles. The Hall–Kier alpha value is -3.94. The van der Waals surface area contributed by atoms with Crippen molar-refractivity contribution in [1.29, 1.82) is 0 Å². The zero-order valence-electron chi connectivity index (χ0n) is 16.6. The number of ether oxygens (including phenoxy) is 2. The van der Waals surface area contributed by atoms with Gasteiger partial charge in [0.2, 0.25) is 5.76 Å². The second kappa shape index (κ2) is 8.60. The van der Waals surface area contributed by atoms with E-state index in [0.29, 0.717) is 16.6 Å². The maximum Gasteiger partial charge on any atom is 0.374 e. The van der Waals surface area contributed by atoms with Gasteiger partial charge in [0.25, 0.3) is 5.91 Å². The molecule has 8 heteroatoms. The highest BCUT2D eigenvalue weighted by atomic mass is 16.5. The van der Waals surface area contributed by atoms with Crippen LogP contribution in [0.2, 0.25) is 0 Å². The van der Waals surface area contributed by atoms with Crippen molar-refractivity contribution in [1.82, 2.24) is 0 Å². The number of carbonyl (C=O) groups excluding carboxylic acids is 3. The van der Waals surface area contributed by atoms with Crippen LogP contribution in [0.1, 0.15) is 32.0 Å². The van der Waals surface area contributed by atoms with E-state index in [9.17, 15) is 19.2 Å². The molecule has 0 aliphatic heterocycles. The highest BCUT2D eigenvalue weighted by Crippen LogP contribution is 2.18. The zero-order valence-corrected chi connectivity index (χ0v) is 16.6. The molecule has 1 heterocycles. The third kappa shape index (κ3) is 4.54. The molecule has 154 valence electrons. The molecule has 1 amide bonds. The summed E-state index contributed by atoms with van der Waals surface area (Å²) in [6, 6.07) is 10.7. The molecule has 1 aromatic heterocycles. The van der Waals surface area contributed by atoms with E-state index in [-0.39, 0.29) is 22.3 Å². The van der Waals surface area contributed by atoms with Crippen LogP contribution in [0.4, 0.5) is 5.69 Å². The Morgan fingerprint density at radius 1 is 1.00 bits per heavy atom. The fourth-order valence-corrected chi connectivity index (χ4v) is 2.76. The SMILES string of the molecule is COC(=O)c1ccc(C)c(NC(=O)COC(=O)c2cc(=O)c3cc(C)ccc3o2)c1. The molecule has 3 aromatic rings. The molecule has 30 heavy (non-hydrogen) atoms. The number of carbonyl (C=O) groups is 3. The number of aryl methyl sites for hydroxylation is 2. The first-order valence-corrected chi connectivity index (χ1v) is 8.99. The van der Waals surface area contributed by atoms with Gasteiger partial charge in [-0.3, -0.25) is 9.59 Å². The lowest BCUT2D eigenvalue weighted by molar-refractivity contribution is -0.119. The third-order valence-electron chi connectivity index (χ3n) is 4.35. The number of methoxy groups -OCH3 is 1. The number of amides is 1. The molecule has 2 aromatic carbocycles. The van der Waals surface area contributed by atoms with Gasteiger partial charge in [-0.2, -0.15) is 0 Å². The molecule has 0 fully saturated rings. The van der Waals surface area contributed by atoms with Crippen LogP contribution in [0.5, 0.6) is 0 Å². The number of hydrogen-bond donors (Lipinski definition) is 1. The minimum absolute atomic E-state index is 0.250. The van der Waals surface area contributed by atoms with Crippen molar-refractivity contribution in [2.24, 2.45) is 0 Å².